The van der Waals surface area contributed by atoms with Crippen LogP contribution in [0.5, 0.6) is 0 Å². The van der Waals surface area contributed by atoms with Crippen molar-refractivity contribution in [3.63, 3.8) is 0 Å². The summed E-state index contributed by atoms with van der Waals surface area (Å²) >= 11 is 8.77. The van der Waals surface area contributed by atoms with Gasteiger partial charge in [-0.1, -0.05) is 18.2 Å². The molecule has 0 atom stereocenters. The maximum absolute atomic E-state index is 4.63. The Kier molecular flexibility index (Phi) is 4.10. The van der Waals surface area contributed by atoms with Crippen LogP contribution in [0.1, 0.15) is 10.6 Å². The molecule has 0 aliphatic heterocycles. The summed E-state index contributed by atoms with van der Waals surface area (Å²) in [6, 6.07) is 12.5. The Balaban J connectivity index is 1.89. The van der Waals surface area contributed by atoms with Crippen molar-refractivity contribution in [3.8, 4) is 0 Å². The number of aromatic nitrogens is 1. The molecule has 0 saturated carbocycles. The number of para-hydroxylation sites is 1. The summed E-state index contributed by atoms with van der Waals surface area (Å²) in [4.78, 5) is 5.90. The number of halogens is 2. The number of benzene rings is 1. The van der Waals surface area contributed by atoms with E-state index in [-0.39, 0.29) is 0 Å². The zero-order valence-corrected chi connectivity index (χ0v) is 14.8. The molecule has 0 unspecified atom stereocenters. The molecule has 0 radical (unpaired) electrons. The molecule has 2 aromatic heterocycles. The van der Waals surface area contributed by atoms with Gasteiger partial charge in [0.1, 0.15) is 0 Å². The number of nitrogens with one attached hydrogen (secondary N) is 1. The van der Waals surface area contributed by atoms with Crippen molar-refractivity contribution in [1.29, 1.82) is 0 Å². The van der Waals surface area contributed by atoms with Gasteiger partial charge in [-0.2, -0.15) is 0 Å². The first kappa shape index (κ1) is 14.0. The molecule has 2 nitrogen and oxygen atoms in total. The second kappa shape index (κ2) is 5.84. The van der Waals surface area contributed by atoms with Crippen molar-refractivity contribution >= 4 is 59.8 Å². The summed E-state index contributed by atoms with van der Waals surface area (Å²) in [5, 5.41) is 4.64. The van der Waals surface area contributed by atoms with E-state index >= 15 is 0 Å². The van der Waals surface area contributed by atoms with Gasteiger partial charge in [-0.25, -0.2) is 0 Å². The highest BCUT2D eigenvalue weighted by Gasteiger charge is 2.06. The molecule has 102 valence electrons. The summed E-state index contributed by atoms with van der Waals surface area (Å²) < 4.78 is 2.23. The molecule has 2 heterocycles. The van der Waals surface area contributed by atoms with Crippen LogP contribution in [0.25, 0.3) is 10.9 Å². The van der Waals surface area contributed by atoms with Gasteiger partial charge in [0.15, 0.2) is 0 Å². The summed E-state index contributed by atoms with van der Waals surface area (Å²) in [5.74, 6) is 0. The van der Waals surface area contributed by atoms with Crippen molar-refractivity contribution < 1.29 is 0 Å². The van der Waals surface area contributed by atoms with Gasteiger partial charge in [-0.3, -0.25) is 4.98 Å². The number of hydrogen-bond donors (Lipinski definition) is 1. The molecule has 0 spiro atoms. The van der Waals surface area contributed by atoms with Gasteiger partial charge >= 0.3 is 0 Å². The minimum absolute atomic E-state index is 0.795. The molecule has 3 rings (SSSR count). The molecule has 1 N–H and O–H groups in total. The highest BCUT2D eigenvalue weighted by atomic mass is 79.9. The third-order valence-corrected chi connectivity index (χ3v) is 6.26. The average molecular weight is 412 g/mol. The van der Waals surface area contributed by atoms with Crippen LogP contribution >= 0.6 is 43.2 Å². The van der Waals surface area contributed by atoms with Gasteiger partial charge in [0.25, 0.3) is 0 Å². The van der Waals surface area contributed by atoms with E-state index in [2.05, 4.69) is 72.5 Å². The van der Waals surface area contributed by atoms with Crippen molar-refractivity contribution in [2.75, 3.05) is 5.32 Å². The molecule has 3 aromatic rings. The van der Waals surface area contributed by atoms with Crippen LogP contribution in [0.2, 0.25) is 0 Å². The first-order valence-electron chi connectivity index (χ1n) is 6.17. The lowest BCUT2D eigenvalue weighted by Gasteiger charge is -2.08. The summed E-state index contributed by atoms with van der Waals surface area (Å²) in [6.07, 6.45) is 0. The standard InChI is InChI=1S/C15H12Br2N2S/c1-9-5-6-10-3-2-4-13(14(10)19-9)18-8-11-7-12(16)15(17)20-11/h2-7,18H,8H2,1H3. The van der Waals surface area contributed by atoms with Crippen molar-refractivity contribution in [2.24, 2.45) is 0 Å². The van der Waals surface area contributed by atoms with Gasteiger partial charge in [-0.15, -0.1) is 11.3 Å². The Labute approximate surface area is 138 Å². The average Bonchev–Trinajstić information content (AvgIpc) is 2.75. The summed E-state index contributed by atoms with van der Waals surface area (Å²) in [7, 11) is 0. The second-order valence-corrected chi connectivity index (χ2v) is 7.83. The number of fused-ring (bicyclic) bond motifs is 1. The number of thiophene rings is 1. The maximum Gasteiger partial charge on any atom is 0.0936 e. The second-order valence-electron chi connectivity index (χ2n) is 4.52. The Morgan fingerprint density at radius 3 is 2.80 bits per heavy atom. The molecule has 20 heavy (non-hydrogen) atoms. The van der Waals surface area contributed by atoms with Crippen LogP contribution < -0.4 is 5.32 Å². The topological polar surface area (TPSA) is 24.9 Å². The maximum atomic E-state index is 4.63. The van der Waals surface area contributed by atoms with Gasteiger partial charge in [0.2, 0.25) is 0 Å². The van der Waals surface area contributed by atoms with Gasteiger partial charge in [-0.05, 0) is 57.0 Å². The molecule has 1 aromatic carbocycles. The zero-order valence-electron chi connectivity index (χ0n) is 10.8. The third-order valence-electron chi connectivity index (χ3n) is 3.01. The van der Waals surface area contributed by atoms with Crippen molar-refractivity contribution in [2.45, 2.75) is 13.5 Å². The van der Waals surface area contributed by atoms with Crippen LogP contribution in [0, 0.1) is 6.92 Å². The lowest BCUT2D eigenvalue weighted by Crippen LogP contribution is -1.99. The molecular formula is C15H12Br2N2S. The van der Waals surface area contributed by atoms with Gasteiger partial charge in [0.05, 0.1) is 15.0 Å². The molecule has 0 bridgehead atoms. The van der Waals surface area contributed by atoms with Gasteiger partial charge < -0.3 is 5.32 Å². The fourth-order valence-corrected chi connectivity index (χ4v) is 4.16. The van der Waals surface area contributed by atoms with Crippen LogP contribution in [-0.2, 0) is 6.54 Å². The lowest BCUT2D eigenvalue weighted by molar-refractivity contribution is 1.18. The van der Waals surface area contributed by atoms with Gasteiger partial charge in [0, 0.05) is 27.0 Å². The number of hydrogen-bond acceptors (Lipinski definition) is 3. The Bertz CT molecular complexity index is 748. The van der Waals surface area contributed by atoms with Crippen molar-refractivity contribution in [1.82, 2.24) is 4.98 Å². The molecule has 0 amide bonds. The molecule has 0 fully saturated rings. The Hall–Kier alpha value is -0.910. The predicted molar refractivity (Wildman–Crippen MR) is 93.5 cm³/mol. The first-order valence-corrected chi connectivity index (χ1v) is 8.58. The molecular weight excluding hydrogens is 400 g/mol. The van der Waals surface area contributed by atoms with E-state index in [9.17, 15) is 0 Å². The van der Waals surface area contributed by atoms with Crippen LogP contribution in [-0.4, -0.2) is 4.98 Å². The van der Waals surface area contributed by atoms with E-state index in [1.807, 2.05) is 13.0 Å². The Morgan fingerprint density at radius 2 is 2.05 bits per heavy atom. The fraction of sp³-hybridized carbons (Fsp3) is 0.133. The lowest BCUT2D eigenvalue weighted by atomic mass is 10.1. The van der Waals surface area contributed by atoms with E-state index < -0.39 is 0 Å². The summed E-state index contributed by atoms with van der Waals surface area (Å²) in [6.45, 7) is 2.81. The highest BCUT2D eigenvalue weighted by Crippen LogP contribution is 2.33. The molecule has 0 aliphatic rings. The van der Waals surface area contributed by atoms with E-state index in [1.54, 1.807) is 11.3 Å². The fourth-order valence-electron chi connectivity index (χ4n) is 2.05. The number of anilines is 1. The predicted octanol–water partition coefficient (Wildman–Crippen LogP) is 5.74. The molecule has 0 saturated heterocycles. The van der Waals surface area contributed by atoms with Crippen LogP contribution in [0.3, 0.4) is 0 Å². The highest BCUT2D eigenvalue weighted by molar-refractivity contribution is 9.13. The normalized spacial score (nSPS) is 10.9. The SMILES string of the molecule is Cc1ccc2cccc(NCc3cc(Br)c(Br)s3)c2n1. The summed E-state index contributed by atoms with van der Waals surface area (Å²) in [5.41, 5.74) is 3.14. The number of nitrogens with zero attached hydrogens (tertiary/aromatic N) is 1. The molecule has 0 aliphatic carbocycles. The quantitative estimate of drug-likeness (QED) is 0.594. The minimum atomic E-state index is 0.795. The molecule has 5 heteroatoms. The monoisotopic (exact) mass is 410 g/mol. The van der Waals surface area contributed by atoms with E-state index in [4.69, 9.17) is 0 Å². The van der Waals surface area contributed by atoms with E-state index in [0.29, 0.717) is 0 Å². The van der Waals surface area contributed by atoms with Crippen molar-refractivity contribution in [3.05, 3.63) is 55.2 Å². The first-order chi connectivity index (χ1) is 9.63. The Morgan fingerprint density at radius 1 is 1.20 bits per heavy atom. The number of pyridine rings is 1. The van der Waals surface area contributed by atoms with E-state index in [1.165, 1.54) is 4.88 Å². The van der Waals surface area contributed by atoms with Crippen LogP contribution in [0.4, 0.5) is 5.69 Å². The van der Waals surface area contributed by atoms with Crippen LogP contribution in [0.15, 0.2) is 44.7 Å². The minimum Gasteiger partial charge on any atom is -0.378 e. The number of rotatable bonds is 3. The number of aryl methyl sites for hydroxylation is 1. The third kappa shape index (κ3) is 2.90. The zero-order chi connectivity index (χ0) is 14.1. The van der Waals surface area contributed by atoms with E-state index in [0.717, 1.165) is 37.1 Å². The largest absolute Gasteiger partial charge is 0.378 e. The smallest absolute Gasteiger partial charge is 0.0936 e.